The van der Waals surface area contributed by atoms with E-state index in [-0.39, 0.29) is 34.4 Å². The molecule has 7 heteroatoms. The molecule has 0 aliphatic heterocycles. The minimum Gasteiger partial charge on any atom is -0.478 e. The van der Waals surface area contributed by atoms with Crippen LogP contribution in [-0.4, -0.2) is 15.6 Å². The molecule has 0 fully saturated rings. The fourth-order valence-corrected chi connectivity index (χ4v) is 3.53. The number of hydrogen-bond acceptors (Lipinski definition) is 2. The number of aromatic carboxylic acids is 1. The number of fused-ring (bicyclic) bond motifs is 1. The van der Waals surface area contributed by atoms with Gasteiger partial charge in [-0.25, -0.2) is 18.0 Å². The molecule has 0 aliphatic carbocycles. The van der Waals surface area contributed by atoms with Crippen molar-refractivity contribution in [2.24, 2.45) is 0 Å². The summed E-state index contributed by atoms with van der Waals surface area (Å²) in [5.74, 6) is -3.00. The van der Waals surface area contributed by atoms with Gasteiger partial charge in [0.2, 0.25) is 0 Å². The maximum atomic E-state index is 14.7. The average molecular weight is 432 g/mol. The number of nitriles is 1. The minimum atomic E-state index is -1.09. The Morgan fingerprint density at radius 2 is 1.62 bits per heavy atom. The Hall–Kier alpha value is -4.31. The van der Waals surface area contributed by atoms with Gasteiger partial charge in [-0.05, 0) is 47.5 Å². The molecule has 0 atom stereocenters. The number of carbonyl (C=O) groups is 1. The first-order valence-corrected chi connectivity index (χ1v) is 9.53. The molecule has 4 rings (SSSR count). The van der Waals surface area contributed by atoms with E-state index in [1.54, 1.807) is 22.9 Å². The molecule has 0 aliphatic rings. The number of allylic oxidation sites excluding steroid dienone is 1. The monoisotopic (exact) mass is 432 g/mol. The summed E-state index contributed by atoms with van der Waals surface area (Å²) < 4.78 is 43.5. The smallest absolute Gasteiger partial charge is 0.335 e. The van der Waals surface area contributed by atoms with Crippen molar-refractivity contribution in [3.05, 3.63) is 107 Å². The Kier molecular flexibility index (Phi) is 5.52. The lowest BCUT2D eigenvalue weighted by Gasteiger charge is -2.06. The number of nitrogens with zero attached hydrogens (tertiary/aromatic N) is 2. The standard InChI is InChI=1S/C25H15F3N2O2/c26-20-7-1-15(2-8-20)13-30-14-19(24-22(28)10-21(27)11-23(24)30)9-18(12-29)16-3-5-17(6-4-16)25(31)32/h1-11,14H,13H2,(H,31,32)/b18-9+. The van der Waals surface area contributed by atoms with E-state index in [1.807, 2.05) is 6.07 Å². The van der Waals surface area contributed by atoms with Crippen molar-refractivity contribution < 1.29 is 23.1 Å². The van der Waals surface area contributed by atoms with Crippen molar-refractivity contribution in [2.45, 2.75) is 6.54 Å². The second kappa shape index (κ2) is 8.44. The number of carboxylic acids is 1. The van der Waals surface area contributed by atoms with Crippen LogP contribution in [0.1, 0.15) is 27.0 Å². The first-order valence-electron chi connectivity index (χ1n) is 9.53. The van der Waals surface area contributed by atoms with Crippen LogP contribution in [0.4, 0.5) is 13.2 Å². The lowest BCUT2D eigenvalue weighted by atomic mass is 10.0. The molecule has 0 saturated heterocycles. The number of halogens is 3. The van der Waals surface area contributed by atoms with E-state index in [0.717, 1.165) is 11.6 Å². The van der Waals surface area contributed by atoms with Gasteiger partial charge in [0.25, 0.3) is 0 Å². The van der Waals surface area contributed by atoms with E-state index < -0.39 is 17.6 Å². The summed E-state index contributed by atoms with van der Waals surface area (Å²) in [6.45, 7) is 0.239. The Morgan fingerprint density at radius 3 is 2.25 bits per heavy atom. The molecule has 0 saturated carbocycles. The van der Waals surface area contributed by atoms with Gasteiger partial charge in [0.15, 0.2) is 0 Å². The molecule has 0 unspecified atom stereocenters. The van der Waals surface area contributed by atoms with Crippen molar-refractivity contribution >= 4 is 28.5 Å². The fourth-order valence-electron chi connectivity index (χ4n) is 3.53. The lowest BCUT2D eigenvalue weighted by molar-refractivity contribution is 0.0697. The number of aromatic nitrogens is 1. The number of rotatable bonds is 5. The summed E-state index contributed by atoms with van der Waals surface area (Å²) in [7, 11) is 0. The maximum absolute atomic E-state index is 14.7. The summed E-state index contributed by atoms with van der Waals surface area (Å²) in [5, 5.41) is 18.8. The van der Waals surface area contributed by atoms with E-state index in [9.17, 15) is 23.2 Å². The Balaban J connectivity index is 1.83. The van der Waals surface area contributed by atoms with Crippen LogP contribution in [0.25, 0.3) is 22.6 Å². The molecule has 0 spiro atoms. The molecule has 158 valence electrons. The highest BCUT2D eigenvalue weighted by molar-refractivity contribution is 5.99. The van der Waals surface area contributed by atoms with Gasteiger partial charge in [-0.1, -0.05) is 24.3 Å². The van der Waals surface area contributed by atoms with Crippen molar-refractivity contribution in [2.75, 3.05) is 0 Å². The molecule has 0 bridgehead atoms. The van der Waals surface area contributed by atoms with Gasteiger partial charge in [0, 0.05) is 29.8 Å². The summed E-state index contributed by atoms with van der Waals surface area (Å²) >= 11 is 0. The Morgan fingerprint density at radius 1 is 0.969 bits per heavy atom. The molecule has 1 heterocycles. The lowest BCUT2D eigenvalue weighted by Crippen LogP contribution is -1.98. The van der Waals surface area contributed by atoms with Crippen molar-refractivity contribution in [3.8, 4) is 6.07 Å². The number of carboxylic acid groups (broad SMARTS) is 1. The zero-order valence-corrected chi connectivity index (χ0v) is 16.5. The second-order valence-electron chi connectivity index (χ2n) is 7.17. The molecule has 0 amide bonds. The van der Waals surface area contributed by atoms with Gasteiger partial charge in [0.05, 0.1) is 22.7 Å². The van der Waals surface area contributed by atoms with Crippen LogP contribution in [0.2, 0.25) is 0 Å². The van der Waals surface area contributed by atoms with E-state index in [4.69, 9.17) is 5.11 Å². The first-order chi connectivity index (χ1) is 15.4. The van der Waals surface area contributed by atoms with Crippen LogP contribution >= 0.6 is 0 Å². The third kappa shape index (κ3) is 4.12. The minimum absolute atomic E-state index is 0.0726. The van der Waals surface area contributed by atoms with Crippen LogP contribution in [0.15, 0.2) is 66.9 Å². The Labute approximate surface area is 181 Å². The highest BCUT2D eigenvalue weighted by Crippen LogP contribution is 2.30. The van der Waals surface area contributed by atoms with Crippen molar-refractivity contribution in [1.29, 1.82) is 5.26 Å². The number of benzene rings is 3. The normalized spacial score (nSPS) is 11.5. The van der Waals surface area contributed by atoms with Crippen LogP contribution < -0.4 is 0 Å². The molecule has 0 radical (unpaired) electrons. The molecule has 1 aromatic heterocycles. The summed E-state index contributed by atoms with van der Waals surface area (Å²) in [6, 6.07) is 15.5. The van der Waals surface area contributed by atoms with Gasteiger partial charge in [-0.15, -0.1) is 0 Å². The number of hydrogen-bond donors (Lipinski definition) is 1. The van der Waals surface area contributed by atoms with E-state index in [1.165, 1.54) is 48.5 Å². The third-order valence-electron chi connectivity index (χ3n) is 5.06. The molecular weight excluding hydrogens is 417 g/mol. The molecule has 1 N–H and O–H groups in total. The molecule has 3 aromatic carbocycles. The van der Waals surface area contributed by atoms with Gasteiger partial charge >= 0.3 is 5.97 Å². The first kappa shape index (κ1) is 20.9. The van der Waals surface area contributed by atoms with Crippen LogP contribution in [0, 0.1) is 28.8 Å². The van der Waals surface area contributed by atoms with Crippen LogP contribution in [0.5, 0.6) is 0 Å². The SMILES string of the molecule is N#C/C(=C\c1cn(Cc2ccc(F)cc2)c2cc(F)cc(F)c12)c1ccc(C(=O)O)cc1. The van der Waals surface area contributed by atoms with Gasteiger partial charge in [-0.3, -0.25) is 0 Å². The highest BCUT2D eigenvalue weighted by Gasteiger charge is 2.15. The van der Waals surface area contributed by atoms with Crippen molar-refractivity contribution in [1.82, 2.24) is 4.57 Å². The molecule has 4 aromatic rings. The topological polar surface area (TPSA) is 66.0 Å². The average Bonchev–Trinajstić information content (AvgIpc) is 3.10. The Bertz CT molecular complexity index is 1400. The summed E-state index contributed by atoms with van der Waals surface area (Å²) in [4.78, 5) is 11.1. The van der Waals surface area contributed by atoms with E-state index in [0.29, 0.717) is 11.1 Å². The molecule has 32 heavy (non-hydrogen) atoms. The quantitative estimate of drug-likeness (QED) is 0.401. The van der Waals surface area contributed by atoms with Gasteiger partial charge in [-0.2, -0.15) is 5.26 Å². The predicted molar refractivity (Wildman–Crippen MR) is 114 cm³/mol. The highest BCUT2D eigenvalue weighted by atomic mass is 19.1. The second-order valence-corrected chi connectivity index (χ2v) is 7.17. The summed E-state index contributed by atoms with van der Waals surface area (Å²) in [6.07, 6.45) is 3.07. The van der Waals surface area contributed by atoms with Gasteiger partial charge in [0.1, 0.15) is 17.5 Å². The predicted octanol–water partition coefficient (Wildman–Crippen LogP) is 5.87. The fraction of sp³-hybridized carbons (Fsp3) is 0.0400. The van der Waals surface area contributed by atoms with Crippen LogP contribution in [0.3, 0.4) is 0 Å². The van der Waals surface area contributed by atoms with E-state index >= 15 is 0 Å². The zero-order valence-electron chi connectivity index (χ0n) is 16.5. The largest absolute Gasteiger partial charge is 0.478 e. The van der Waals surface area contributed by atoms with Crippen LogP contribution in [-0.2, 0) is 6.54 Å². The molecular formula is C25H15F3N2O2. The maximum Gasteiger partial charge on any atom is 0.335 e. The summed E-state index contributed by atoms with van der Waals surface area (Å²) in [5.41, 5.74) is 2.10. The van der Waals surface area contributed by atoms with E-state index in [2.05, 4.69) is 0 Å². The zero-order chi connectivity index (χ0) is 22.8. The third-order valence-corrected chi connectivity index (χ3v) is 5.06. The van der Waals surface area contributed by atoms with Crippen molar-refractivity contribution in [3.63, 3.8) is 0 Å². The van der Waals surface area contributed by atoms with Gasteiger partial charge < -0.3 is 9.67 Å². The molecule has 4 nitrogen and oxygen atoms in total.